The summed E-state index contributed by atoms with van der Waals surface area (Å²) in [5, 5.41) is 0. The van der Waals surface area contributed by atoms with Gasteiger partial charge in [-0.2, -0.15) is 0 Å². The van der Waals surface area contributed by atoms with Crippen LogP contribution in [0.1, 0.15) is 17.5 Å². The van der Waals surface area contributed by atoms with Crippen LogP contribution in [0.25, 0.3) is 0 Å². The van der Waals surface area contributed by atoms with Crippen LogP contribution in [0, 0.1) is 0 Å². The van der Waals surface area contributed by atoms with Crippen molar-refractivity contribution in [2.75, 3.05) is 13.8 Å². The van der Waals surface area contributed by atoms with Gasteiger partial charge in [0.25, 0.3) is 0 Å². The van der Waals surface area contributed by atoms with E-state index < -0.39 is 17.5 Å². The molecule has 0 aliphatic heterocycles. The number of halogens is 2. The van der Waals surface area contributed by atoms with Crippen LogP contribution in [0.5, 0.6) is 0 Å². The predicted molar refractivity (Wildman–Crippen MR) is 86.5 cm³/mol. The van der Waals surface area contributed by atoms with Crippen molar-refractivity contribution in [3.63, 3.8) is 0 Å². The monoisotopic (exact) mass is 362 g/mol. The van der Waals surface area contributed by atoms with E-state index in [9.17, 15) is 9.18 Å². The first-order valence-corrected chi connectivity index (χ1v) is 7.86. The van der Waals surface area contributed by atoms with Crippen molar-refractivity contribution in [1.82, 2.24) is 0 Å². The Hall–Kier alpha value is -1.68. The van der Waals surface area contributed by atoms with Crippen LogP contribution in [0.15, 0.2) is 59.1 Å². The molecule has 0 aromatic heterocycles. The van der Waals surface area contributed by atoms with Gasteiger partial charge >= 0.3 is 5.97 Å². The zero-order valence-electron chi connectivity index (χ0n) is 12.2. The third-order valence-corrected chi connectivity index (χ3v) is 5.21. The molecule has 22 heavy (non-hydrogen) atoms. The van der Waals surface area contributed by atoms with Gasteiger partial charge in [-0.25, -0.2) is 0 Å². The fourth-order valence-electron chi connectivity index (χ4n) is 3.42. The maximum absolute atomic E-state index is 14.1. The molecular formula is C18H16BrFO2. The van der Waals surface area contributed by atoms with Crippen molar-refractivity contribution < 1.29 is 13.9 Å². The Bertz CT molecular complexity index is 686. The molecule has 2 atom stereocenters. The van der Waals surface area contributed by atoms with Crippen LogP contribution in [-0.2, 0) is 20.4 Å². The minimum absolute atomic E-state index is 0.378. The zero-order valence-corrected chi connectivity index (χ0v) is 13.8. The van der Waals surface area contributed by atoms with Crippen molar-refractivity contribution in [3.8, 4) is 0 Å². The summed E-state index contributed by atoms with van der Waals surface area (Å²) in [6.07, 6.45) is 0.425. The third-order valence-electron chi connectivity index (χ3n) is 4.68. The maximum atomic E-state index is 14.1. The van der Waals surface area contributed by atoms with Crippen molar-refractivity contribution in [1.29, 1.82) is 0 Å². The molecule has 1 saturated carbocycles. The molecule has 0 unspecified atom stereocenters. The summed E-state index contributed by atoms with van der Waals surface area (Å²) in [5.41, 5.74) is -0.150. The molecule has 0 N–H and O–H groups in total. The Morgan fingerprint density at radius 1 is 1.14 bits per heavy atom. The molecule has 0 amide bonds. The average molecular weight is 363 g/mol. The lowest BCUT2D eigenvalue weighted by molar-refractivity contribution is -0.144. The van der Waals surface area contributed by atoms with Crippen LogP contribution >= 0.6 is 15.9 Å². The molecule has 0 saturated heterocycles. The van der Waals surface area contributed by atoms with Gasteiger partial charge in [-0.3, -0.25) is 9.18 Å². The smallest absolute Gasteiger partial charge is 0.317 e. The van der Waals surface area contributed by atoms with E-state index in [1.54, 1.807) is 0 Å². The van der Waals surface area contributed by atoms with Gasteiger partial charge in [0.2, 0.25) is 0 Å². The fraction of sp³-hybridized carbons (Fsp3) is 0.278. The van der Waals surface area contributed by atoms with Crippen molar-refractivity contribution in [3.05, 3.63) is 70.2 Å². The van der Waals surface area contributed by atoms with E-state index in [1.165, 1.54) is 7.11 Å². The number of benzene rings is 2. The van der Waals surface area contributed by atoms with Crippen molar-refractivity contribution in [2.45, 2.75) is 17.3 Å². The molecule has 0 spiro atoms. The third kappa shape index (κ3) is 2.01. The topological polar surface area (TPSA) is 26.3 Å². The van der Waals surface area contributed by atoms with E-state index >= 15 is 0 Å². The Morgan fingerprint density at radius 2 is 1.77 bits per heavy atom. The summed E-state index contributed by atoms with van der Waals surface area (Å²) in [4.78, 5) is 12.5. The van der Waals surface area contributed by atoms with Crippen molar-refractivity contribution in [2.24, 2.45) is 0 Å². The molecule has 1 aliphatic rings. The summed E-state index contributed by atoms with van der Waals surface area (Å²) < 4.78 is 20.0. The predicted octanol–water partition coefficient (Wildman–Crippen LogP) is 4.17. The molecule has 4 heteroatoms. The minimum Gasteiger partial charge on any atom is -0.468 e. The number of methoxy groups -OCH3 is 1. The summed E-state index contributed by atoms with van der Waals surface area (Å²) >= 11 is 3.39. The summed E-state index contributed by atoms with van der Waals surface area (Å²) in [7, 11) is 1.36. The first-order valence-electron chi connectivity index (χ1n) is 7.07. The van der Waals surface area contributed by atoms with Crippen LogP contribution in [0.2, 0.25) is 0 Å². The second-order valence-corrected chi connectivity index (χ2v) is 6.58. The molecule has 1 aliphatic carbocycles. The molecule has 3 rings (SSSR count). The number of hydrogen-bond acceptors (Lipinski definition) is 2. The van der Waals surface area contributed by atoms with Crippen LogP contribution in [0.3, 0.4) is 0 Å². The number of alkyl halides is 1. The first-order chi connectivity index (χ1) is 10.6. The van der Waals surface area contributed by atoms with Crippen LogP contribution < -0.4 is 0 Å². The van der Waals surface area contributed by atoms with E-state index in [0.717, 1.165) is 15.6 Å². The normalized spacial score (nSPS) is 26.5. The number of esters is 1. The van der Waals surface area contributed by atoms with Gasteiger partial charge in [0.1, 0.15) is 12.1 Å². The molecule has 2 aromatic carbocycles. The Labute approximate surface area is 137 Å². The number of rotatable bonds is 4. The standard InChI is InChI=1S/C18H16BrFO2/c1-22-16(21)18(14-7-9-15(19)10-8-14)11-17(18,12-20)13-5-3-2-4-6-13/h2-10H,11-12H2,1H3/t17-,18-/m0/s1. The summed E-state index contributed by atoms with van der Waals surface area (Å²) in [6.45, 7) is -0.595. The second-order valence-electron chi connectivity index (χ2n) is 5.66. The SMILES string of the molecule is COC(=O)[C@@]1(c2ccc(Br)cc2)C[C@]1(CF)c1ccccc1. The highest BCUT2D eigenvalue weighted by Crippen LogP contribution is 2.66. The molecule has 1 fully saturated rings. The number of carbonyl (C=O) groups is 1. The number of carbonyl (C=O) groups excluding carboxylic acids is 1. The molecule has 0 bridgehead atoms. The number of ether oxygens (including phenoxy) is 1. The molecule has 0 radical (unpaired) electrons. The van der Waals surface area contributed by atoms with Gasteiger partial charge in [0.15, 0.2) is 0 Å². The summed E-state index contributed by atoms with van der Waals surface area (Å²) in [5.74, 6) is -0.378. The van der Waals surface area contributed by atoms with E-state index in [2.05, 4.69) is 15.9 Å². The van der Waals surface area contributed by atoms with Gasteiger partial charge in [0, 0.05) is 9.89 Å². The van der Waals surface area contributed by atoms with E-state index in [4.69, 9.17) is 4.74 Å². The maximum Gasteiger partial charge on any atom is 0.317 e. The Balaban J connectivity index is 2.14. The van der Waals surface area contributed by atoms with Crippen molar-refractivity contribution >= 4 is 21.9 Å². The van der Waals surface area contributed by atoms with E-state index in [1.807, 2.05) is 54.6 Å². The van der Waals surface area contributed by atoms with Gasteiger partial charge < -0.3 is 4.74 Å². The highest BCUT2D eigenvalue weighted by atomic mass is 79.9. The zero-order chi connectivity index (χ0) is 15.8. The average Bonchev–Trinajstić information content (AvgIpc) is 3.27. The summed E-state index contributed by atoms with van der Waals surface area (Å²) in [6, 6.07) is 16.8. The van der Waals surface area contributed by atoms with Gasteiger partial charge in [0.05, 0.1) is 7.11 Å². The van der Waals surface area contributed by atoms with E-state index in [-0.39, 0.29) is 5.97 Å². The molecular weight excluding hydrogens is 347 g/mol. The highest BCUT2D eigenvalue weighted by Gasteiger charge is 2.74. The van der Waals surface area contributed by atoms with E-state index in [0.29, 0.717) is 6.42 Å². The molecule has 2 aromatic rings. The Morgan fingerprint density at radius 3 is 2.32 bits per heavy atom. The van der Waals surface area contributed by atoms with Gasteiger partial charge in [-0.1, -0.05) is 58.4 Å². The van der Waals surface area contributed by atoms with Gasteiger partial charge in [-0.05, 0) is 29.7 Å². The van der Waals surface area contributed by atoms with Crippen LogP contribution in [-0.4, -0.2) is 19.8 Å². The lowest BCUT2D eigenvalue weighted by Gasteiger charge is -2.23. The first kappa shape index (κ1) is 15.2. The number of hydrogen-bond donors (Lipinski definition) is 0. The molecule has 114 valence electrons. The molecule has 0 heterocycles. The Kier molecular flexibility index (Phi) is 3.81. The largest absolute Gasteiger partial charge is 0.468 e. The lowest BCUT2D eigenvalue weighted by atomic mass is 9.82. The lowest BCUT2D eigenvalue weighted by Crippen LogP contribution is -2.33. The minimum atomic E-state index is -0.946. The highest BCUT2D eigenvalue weighted by molar-refractivity contribution is 9.10. The molecule has 2 nitrogen and oxygen atoms in total. The second kappa shape index (κ2) is 5.51. The van der Waals surface area contributed by atoms with Gasteiger partial charge in [-0.15, -0.1) is 0 Å². The fourth-order valence-corrected chi connectivity index (χ4v) is 3.69. The quantitative estimate of drug-likeness (QED) is 0.763. The van der Waals surface area contributed by atoms with Crippen LogP contribution in [0.4, 0.5) is 4.39 Å².